The number of fused-ring (bicyclic) bond motifs is 1. The normalized spacial score (nSPS) is 13.4. The Kier molecular flexibility index (Phi) is 5.62. The molecule has 0 aliphatic carbocycles. The van der Waals surface area contributed by atoms with Gasteiger partial charge in [0.05, 0.1) is 11.5 Å². The Hall–Kier alpha value is -2.36. The fourth-order valence-corrected chi connectivity index (χ4v) is 4.30. The first kappa shape index (κ1) is 19.9. The number of benzene rings is 3. The fraction of sp³-hybridized carbons (Fsp3) is 0.100. The van der Waals surface area contributed by atoms with E-state index in [1.54, 1.807) is 48.5 Å². The zero-order valence-corrected chi connectivity index (χ0v) is 16.8. The summed E-state index contributed by atoms with van der Waals surface area (Å²) in [4.78, 5) is 0.121. The average molecular weight is 430 g/mol. The summed E-state index contributed by atoms with van der Waals surface area (Å²) in [6.07, 6.45) is 0. The van der Waals surface area contributed by atoms with Gasteiger partial charge in [-0.15, -0.1) is 0 Å². The molecule has 0 fully saturated rings. The van der Waals surface area contributed by atoms with Crippen molar-refractivity contribution >= 4 is 34.2 Å². The summed E-state index contributed by atoms with van der Waals surface area (Å²) in [5.74, 6) is 1.25. The van der Waals surface area contributed by atoms with Crippen molar-refractivity contribution in [2.45, 2.75) is 18.0 Å². The number of hydrogen-bond donors (Lipinski definition) is 2. The second-order valence-corrected chi connectivity index (χ2v) is 8.76. The first-order chi connectivity index (χ1) is 13.9. The van der Waals surface area contributed by atoms with Gasteiger partial charge in [0.15, 0.2) is 0 Å². The summed E-state index contributed by atoms with van der Waals surface area (Å²) >= 11 is 5.86. The van der Waals surface area contributed by atoms with Crippen LogP contribution < -0.4 is 14.9 Å². The van der Waals surface area contributed by atoms with Gasteiger partial charge in [-0.05, 0) is 59.1 Å². The van der Waals surface area contributed by atoms with Gasteiger partial charge in [-0.1, -0.05) is 35.9 Å². The lowest BCUT2D eigenvalue weighted by Gasteiger charge is -2.10. The quantitative estimate of drug-likeness (QED) is 0.589. The summed E-state index contributed by atoms with van der Waals surface area (Å²) in [6.45, 7) is 0.489. The fourth-order valence-electron chi connectivity index (χ4n) is 2.98. The molecule has 4 rings (SSSR count). The molecule has 0 amide bonds. The van der Waals surface area contributed by atoms with E-state index < -0.39 is 17.1 Å². The van der Waals surface area contributed by atoms with E-state index in [0.717, 1.165) is 16.6 Å². The van der Waals surface area contributed by atoms with Gasteiger partial charge < -0.3 is 14.4 Å². The molecular formula is C20H17BClNO5S. The highest BCUT2D eigenvalue weighted by Crippen LogP contribution is 2.24. The lowest BCUT2D eigenvalue weighted by molar-refractivity contribution is 0.275. The predicted octanol–water partition coefficient (Wildman–Crippen LogP) is 2.83. The van der Waals surface area contributed by atoms with Gasteiger partial charge >= 0.3 is 7.12 Å². The molecule has 9 heteroatoms. The number of sulfonamides is 1. The van der Waals surface area contributed by atoms with Crippen molar-refractivity contribution in [3.63, 3.8) is 0 Å². The molecule has 3 aromatic carbocycles. The molecule has 0 saturated heterocycles. The highest BCUT2D eigenvalue weighted by molar-refractivity contribution is 7.89. The standard InChI is InChI=1S/C20H17BClNO5S/c22-16-2-1-3-19(11-16)29(25,26)23-12-14-4-6-17(7-5-14)28-18-8-9-20-15(10-18)13-27-21(20)24/h1-11,23-24H,12-13H2. The molecule has 0 spiro atoms. The van der Waals surface area contributed by atoms with E-state index in [0.29, 0.717) is 23.1 Å². The van der Waals surface area contributed by atoms with E-state index >= 15 is 0 Å². The van der Waals surface area contributed by atoms with Crippen LogP contribution in [0.5, 0.6) is 11.5 Å². The van der Waals surface area contributed by atoms with Crippen LogP contribution in [0.3, 0.4) is 0 Å². The second kappa shape index (κ2) is 8.18. The zero-order chi connectivity index (χ0) is 20.4. The van der Waals surface area contributed by atoms with Crippen molar-refractivity contribution in [2.24, 2.45) is 0 Å². The molecule has 0 unspecified atom stereocenters. The Bertz CT molecular complexity index is 1140. The van der Waals surface area contributed by atoms with Crippen molar-refractivity contribution in [1.29, 1.82) is 0 Å². The number of hydrogen-bond acceptors (Lipinski definition) is 5. The van der Waals surface area contributed by atoms with Crippen LogP contribution in [0, 0.1) is 0 Å². The Morgan fingerprint density at radius 1 is 1.07 bits per heavy atom. The minimum absolute atomic E-state index is 0.121. The average Bonchev–Trinajstić information content (AvgIpc) is 3.08. The number of ether oxygens (including phenoxy) is 1. The predicted molar refractivity (Wildman–Crippen MR) is 111 cm³/mol. The third kappa shape index (κ3) is 4.63. The summed E-state index contributed by atoms with van der Waals surface area (Å²) in [5, 5.41) is 10.0. The molecule has 29 heavy (non-hydrogen) atoms. The third-order valence-electron chi connectivity index (χ3n) is 4.51. The van der Waals surface area contributed by atoms with Gasteiger partial charge in [-0.25, -0.2) is 13.1 Å². The lowest BCUT2D eigenvalue weighted by Crippen LogP contribution is -2.27. The highest BCUT2D eigenvalue weighted by Gasteiger charge is 2.27. The monoisotopic (exact) mass is 429 g/mol. The van der Waals surface area contributed by atoms with Crippen molar-refractivity contribution in [3.8, 4) is 11.5 Å². The van der Waals surface area contributed by atoms with E-state index in [-0.39, 0.29) is 11.4 Å². The van der Waals surface area contributed by atoms with E-state index in [1.165, 1.54) is 12.1 Å². The van der Waals surface area contributed by atoms with Gasteiger partial charge in [0.25, 0.3) is 0 Å². The number of rotatable bonds is 6. The van der Waals surface area contributed by atoms with Crippen LogP contribution in [0.1, 0.15) is 11.1 Å². The van der Waals surface area contributed by atoms with Crippen molar-refractivity contribution < 1.29 is 22.8 Å². The second-order valence-electron chi connectivity index (χ2n) is 6.55. The van der Waals surface area contributed by atoms with Crippen LogP contribution in [0.15, 0.2) is 71.6 Å². The molecule has 6 nitrogen and oxygen atoms in total. The van der Waals surface area contributed by atoms with E-state index in [2.05, 4.69) is 4.72 Å². The minimum atomic E-state index is -3.65. The number of nitrogens with one attached hydrogen (secondary N) is 1. The molecule has 0 saturated carbocycles. The highest BCUT2D eigenvalue weighted by atomic mass is 35.5. The van der Waals surface area contributed by atoms with E-state index in [4.69, 9.17) is 21.0 Å². The maximum Gasteiger partial charge on any atom is 0.491 e. The van der Waals surface area contributed by atoms with Gasteiger partial charge in [-0.2, -0.15) is 0 Å². The van der Waals surface area contributed by atoms with Crippen molar-refractivity contribution in [3.05, 3.63) is 82.9 Å². The molecule has 148 valence electrons. The topological polar surface area (TPSA) is 84.9 Å². The van der Waals surface area contributed by atoms with Gasteiger partial charge in [0, 0.05) is 11.6 Å². The molecule has 0 radical (unpaired) electrons. The van der Waals surface area contributed by atoms with Crippen LogP contribution in [-0.4, -0.2) is 20.6 Å². The summed E-state index contributed by atoms with van der Waals surface area (Å²) in [5.41, 5.74) is 2.43. The first-order valence-electron chi connectivity index (χ1n) is 8.85. The largest absolute Gasteiger partial charge is 0.491 e. The summed E-state index contributed by atoms with van der Waals surface area (Å²) < 4.78 is 38.3. The first-order valence-corrected chi connectivity index (χ1v) is 10.7. The SMILES string of the molecule is O=S(=O)(NCc1ccc(Oc2ccc3c(c2)COB3O)cc1)c1cccc(Cl)c1. The van der Waals surface area contributed by atoms with Gasteiger partial charge in [0.1, 0.15) is 11.5 Å². The molecule has 3 aromatic rings. The third-order valence-corrected chi connectivity index (χ3v) is 6.14. The van der Waals surface area contributed by atoms with Crippen LogP contribution in [-0.2, 0) is 27.8 Å². The molecule has 1 aliphatic rings. The number of halogens is 1. The lowest BCUT2D eigenvalue weighted by atomic mass is 9.80. The summed E-state index contributed by atoms with van der Waals surface area (Å²) in [6, 6.07) is 18.6. The van der Waals surface area contributed by atoms with Gasteiger partial charge in [-0.3, -0.25) is 0 Å². The maximum atomic E-state index is 12.4. The molecular weight excluding hydrogens is 413 g/mol. The van der Waals surface area contributed by atoms with Crippen molar-refractivity contribution in [1.82, 2.24) is 4.72 Å². The zero-order valence-electron chi connectivity index (χ0n) is 15.2. The Balaban J connectivity index is 1.39. The van der Waals surface area contributed by atoms with Crippen LogP contribution in [0.25, 0.3) is 0 Å². The van der Waals surface area contributed by atoms with E-state index in [1.807, 2.05) is 6.07 Å². The smallest absolute Gasteiger partial charge is 0.457 e. The molecule has 0 bridgehead atoms. The Morgan fingerprint density at radius 2 is 1.83 bits per heavy atom. The van der Waals surface area contributed by atoms with Crippen LogP contribution >= 0.6 is 11.6 Å². The summed E-state index contributed by atoms with van der Waals surface area (Å²) in [7, 11) is -4.53. The Labute approximate surface area is 174 Å². The van der Waals surface area contributed by atoms with Crippen molar-refractivity contribution in [2.75, 3.05) is 0 Å². The minimum Gasteiger partial charge on any atom is -0.457 e. The van der Waals surface area contributed by atoms with Gasteiger partial charge in [0.2, 0.25) is 10.0 Å². The Morgan fingerprint density at radius 3 is 2.59 bits per heavy atom. The van der Waals surface area contributed by atoms with Crippen LogP contribution in [0.4, 0.5) is 0 Å². The molecule has 0 aromatic heterocycles. The molecule has 1 heterocycles. The van der Waals surface area contributed by atoms with Crippen LogP contribution in [0.2, 0.25) is 5.02 Å². The molecule has 1 aliphatic heterocycles. The maximum absolute atomic E-state index is 12.4. The van der Waals surface area contributed by atoms with E-state index in [9.17, 15) is 13.4 Å². The molecule has 2 N–H and O–H groups in total. The molecule has 0 atom stereocenters.